The fourth-order valence-corrected chi connectivity index (χ4v) is 5.74. The van der Waals surface area contributed by atoms with Crippen molar-refractivity contribution in [2.45, 2.75) is 44.7 Å². The van der Waals surface area contributed by atoms with Gasteiger partial charge >= 0.3 is 0 Å². The van der Waals surface area contributed by atoms with Crippen molar-refractivity contribution in [2.75, 3.05) is 13.1 Å². The lowest BCUT2D eigenvalue weighted by Gasteiger charge is -2.31. The summed E-state index contributed by atoms with van der Waals surface area (Å²) in [5.41, 5.74) is 3.23. The van der Waals surface area contributed by atoms with Crippen molar-refractivity contribution >= 4 is 26.8 Å². The third-order valence-electron chi connectivity index (χ3n) is 6.06. The van der Waals surface area contributed by atoms with E-state index in [1.54, 1.807) is 12.1 Å². The standard InChI is InChI=1S/C24H29N3O3S/c1-3-26-14-12-20-15-22(10-11-23(20)26)31(29,30)27-13-4-5-21(17-27)24(28)25-16-19-8-6-18(2)7-9-19/h6-12,14-15,21H,3-5,13,16-17H2,1-2H3,(H,25,28)/t21-/m0/s1. The average molecular weight is 440 g/mol. The van der Waals surface area contributed by atoms with Crippen LogP contribution in [-0.2, 0) is 27.9 Å². The summed E-state index contributed by atoms with van der Waals surface area (Å²) in [7, 11) is -3.65. The number of hydrogen-bond donors (Lipinski definition) is 1. The van der Waals surface area contributed by atoms with E-state index in [9.17, 15) is 13.2 Å². The summed E-state index contributed by atoms with van der Waals surface area (Å²) >= 11 is 0. The Kier molecular flexibility index (Phi) is 6.16. The molecule has 0 bridgehead atoms. The van der Waals surface area contributed by atoms with E-state index in [0.717, 1.165) is 23.0 Å². The minimum Gasteiger partial charge on any atom is -0.352 e. The normalized spacial score (nSPS) is 17.7. The first kappa shape index (κ1) is 21.6. The van der Waals surface area contributed by atoms with Gasteiger partial charge in [-0.3, -0.25) is 4.79 Å². The van der Waals surface area contributed by atoms with Gasteiger partial charge in [-0.15, -0.1) is 0 Å². The highest BCUT2D eigenvalue weighted by Crippen LogP contribution is 2.27. The summed E-state index contributed by atoms with van der Waals surface area (Å²) in [4.78, 5) is 13.0. The predicted octanol–water partition coefficient (Wildman–Crippen LogP) is 3.69. The molecule has 164 valence electrons. The SMILES string of the molecule is CCn1ccc2cc(S(=O)(=O)N3CCC[C@H](C(=O)NCc4ccc(C)cc4)C3)ccc21. The van der Waals surface area contributed by atoms with Gasteiger partial charge in [0.15, 0.2) is 0 Å². The molecule has 1 aliphatic rings. The molecule has 1 aliphatic heterocycles. The Hall–Kier alpha value is -2.64. The lowest BCUT2D eigenvalue weighted by Crippen LogP contribution is -2.45. The maximum Gasteiger partial charge on any atom is 0.243 e. The zero-order chi connectivity index (χ0) is 22.0. The van der Waals surface area contributed by atoms with Crippen molar-refractivity contribution in [2.24, 2.45) is 5.92 Å². The van der Waals surface area contributed by atoms with Gasteiger partial charge in [0.1, 0.15) is 0 Å². The number of nitrogens with zero attached hydrogens (tertiary/aromatic N) is 2. The summed E-state index contributed by atoms with van der Waals surface area (Å²) in [5, 5.41) is 3.88. The van der Waals surface area contributed by atoms with Crippen molar-refractivity contribution in [3.05, 3.63) is 65.9 Å². The Morgan fingerprint density at radius 2 is 1.90 bits per heavy atom. The third-order valence-corrected chi connectivity index (χ3v) is 7.92. The Morgan fingerprint density at radius 1 is 1.13 bits per heavy atom. The van der Waals surface area contributed by atoms with Crippen LogP contribution < -0.4 is 5.32 Å². The number of aryl methyl sites for hydroxylation is 2. The average Bonchev–Trinajstić information content (AvgIpc) is 3.21. The molecule has 31 heavy (non-hydrogen) atoms. The summed E-state index contributed by atoms with van der Waals surface area (Å²) in [5.74, 6) is -0.421. The van der Waals surface area contributed by atoms with E-state index in [-0.39, 0.29) is 23.3 Å². The number of carbonyl (C=O) groups is 1. The molecule has 3 aromatic rings. The minimum absolute atomic E-state index is 0.0871. The van der Waals surface area contributed by atoms with Gasteiger partial charge in [0.2, 0.25) is 15.9 Å². The monoisotopic (exact) mass is 439 g/mol. The fraction of sp³-hybridized carbons (Fsp3) is 0.375. The highest BCUT2D eigenvalue weighted by Gasteiger charge is 2.33. The maximum atomic E-state index is 13.3. The number of hydrogen-bond acceptors (Lipinski definition) is 3. The summed E-state index contributed by atoms with van der Waals surface area (Å²) in [6, 6.07) is 15.2. The molecule has 2 heterocycles. The Bertz CT molecular complexity index is 1180. The molecule has 1 aromatic heterocycles. The Morgan fingerprint density at radius 3 is 2.65 bits per heavy atom. The lowest BCUT2D eigenvalue weighted by atomic mass is 9.98. The second-order valence-electron chi connectivity index (χ2n) is 8.23. The first-order valence-electron chi connectivity index (χ1n) is 10.8. The van der Waals surface area contributed by atoms with Gasteiger partial charge in [0, 0.05) is 43.3 Å². The molecule has 0 radical (unpaired) electrons. The molecule has 6 nitrogen and oxygen atoms in total. The first-order valence-corrected chi connectivity index (χ1v) is 12.2. The molecule has 1 atom stereocenters. The van der Waals surface area contributed by atoms with Crippen LogP contribution in [-0.4, -0.2) is 36.3 Å². The zero-order valence-electron chi connectivity index (χ0n) is 18.0. The highest BCUT2D eigenvalue weighted by molar-refractivity contribution is 7.89. The second-order valence-corrected chi connectivity index (χ2v) is 10.2. The Labute approximate surface area is 183 Å². The van der Waals surface area contributed by atoms with Crippen LogP contribution in [0, 0.1) is 12.8 Å². The first-order chi connectivity index (χ1) is 14.9. The molecule has 0 unspecified atom stereocenters. The van der Waals surface area contributed by atoms with Crippen molar-refractivity contribution in [3.8, 4) is 0 Å². The van der Waals surface area contributed by atoms with Gasteiger partial charge in [0.25, 0.3) is 0 Å². The number of carbonyl (C=O) groups excluding carboxylic acids is 1. The number of rotatable bonds is 6. The molecule has 0 spiro atoms. The smallest absolute Gasteiger partial charge is 0.243 e. The van der Waals surface area contributed by atoms with Crippen LogP contribution in [0.4, 0.5) is 0 Å². The van der Waals surface area contributed by atoms with Gasteiger partial charge in [-0.2, -0.15) is 4.31 Å². The number of benzene rings is 2. The number of amides is 1. The van der Waals surface area contributed by atoms with Crippen molar-refractivity contribution in [1.82, 2.24) is 14.2 Å². The fourth-order valence-electron chi connectivity index (χ4n) is 4.18. The number of nitrogens with one attached hydrogen (secondary N) is 1. The van der Waals surface area contributed by atoms with E-state index < -0.39 is 10.0 Å². The van der Waals surface area contributed by atoms with E-state index in [1.165, 1.54) is 9.87 Å². The number of aromatic nitrogens is 1. The molecule has 1 N–H and O–H groups in total. The van der Waals surface area contributed by atoms with Crippen LogP contribution >= 0.6 is 0 Å². The van der Waals surface area contributed by atoms with E-state index >= 15 is 0 Å². The molecule has 1 saturated heterocycles. The molecule has 1 fully saturated rings. The lowest BCUT2D eigenvalue weighted by molar-refractivity contribution is -0.126. The van der Waals surface area contributed by atoms with Crippen LogP contribution in [0.3, 0.4) is 0 Å². The molecule has 1 amide bonds. The van der Waals surface area contributed by atoms with Gasteiger partial charge < -0.3 is 9.88 Å². The number of piperidine rings is 1. The van der Waals surface area contributed by atoms with Crippen molar-refractivity contribution in [3.63, 3.8) is 0 Å². The quantitative estimate of drug-likeness (QED) is 0.637. The van der Waals surface area contributed by atoms with E-state index in [4.69, 9.17) is 0 Å². The molecule has 2 aromatic carbocycles. The molecule has 4 rings (SSSR count). The highest BCUT2D eigenvalue weighted by atomic mass is 32.2. The van der Waals surface area contributed by atoms with Crippen LogP contribution in [0.5, 0.6) is 0 Å². The third kappa shape index (κ3) is 4.52. The van der Waals surface area contributed by atoms with Crippen molar-refractivity contribution < 1.29 is 13.2 Å². The summed E-state index contributed by atoms with van der Waals surface area (Å²) in [6.45, 7) is 6.03. The van der Waals surface area contributed by atoms with E-state index in [2.05, 4.69) is 16.8 Å². The molecule has 0 aliphatic carbocycles. The summed E-state index contributed by atoms with van der Waals surface area (Å²) in [6.07, 6.45) is 3.34. The van der Waals surface area contributed by atoms with Crippen LogP contribution in [0.25, 0.3) is 10.9 Å². The Balaban J connectivity index is 1.45. The van der Waals surface area contributed by atoms with Crippen molar-refractivity contribution in [1.29, 1.82) is 0 Å². The molecule has 7 heteroatoms. The van der Waals surface area contributed by atoms with Gasteiger partial charge in [-0.05, 0) is 56.5 Å². The molecule has 0 saturated carbocycles. The van der Waals surface area contributed by atoms with Gasteiger partial charge in [0.05, 0.1) is 10.8 Å². The predicted molar refractivity (Wildman–Crippen MR) is 122 cm³/mol. The van der Waals surface area contributed by atoms with Gasteiger partial charge in [-0.1, -0.05) is 29.8 Å². The van der Waals surface area contributed by atoms with E-state index in [0.29, 0.717) is 25.9 Å². The van der Waals surface area contributed by atoms with Gasteiger partial charge in [-0.25, -0.2) is 8.42 Å². The molecular formula is C24H29N3O3S. The van der Waals surface area contributed by atoms with E-state index in [1.807, 2.05) is 49.5 Å². The second kappa shape index (κ2) is 8.85. The topological polar surface area (TPSA) is 71.4 Å². The maximum absolute atomic E-state index is 13.3. The van der Waals surface area contributed by atoms with Crippen LogP contribution in [0.2, 0.25) is 0 Å². The molecular weight excluding hydrogens is 410 g/mol. The minimum atomic E-state index is -3.65. The number of fused-ring (bicyclic) bond motifs is 1. The largest absolute Gasteiger partial charge is 0.352 e. The van der Waals surface area contributed by atoms with Crippen LogP contribution in [0.15, 0.2) is 59.6 Å². The van der Waals surface area contributed by atoms with Crippen LogP contribution in [0.1, 0.15) is 30.9 Å². The summed E-state index contributed by atoms with van der Waals surface area (Å²) < 4.78 is 30.1. The zero-order valence-corrected chi connectivity index (χ0v) is 18.9. The number of sulfonamides is 1.